The molecule has 0 aliphatic rings. The molecule has 0 radical (unpaired) electrons. The van der Waals surface area contributed by atoms with E-state index in [1.165, 1.54) is 0 Å². The van der Waals surface area contributed by atoms with Crippen LogP contribution in [0.5, 0.6) is 5.75 Å². The third kappa shape index (κ3) is 6.29. The fourth-order valence-electron chi connectivity index (χ4n) is 3.38. The van der Waals surface area contributed by atoms with Gasteiger partial charge in [-0.1, -0.05) is 43.3 Å². The number of hydrogen-bond donors (Lipinski definition) is 3. The highest BCUT2D eigenvalue weighted by molar-refractivity contribution is 14.1. The standard InChI is InChI=1S/C24H24INO5S/c1-15(11-12-30-22(28)14-32)23(19-13-17(25)9-10-21(19)27)31-24(29)26-20-8-4-6-16-5-2-3-7-18(16)20/h2-10,13,15,23,27,32H,11-12,14H2,1H3,(H,26,29)/t15-,23+/m0/s1. The number of benzene rings is 3. The van der Waals surface area contributed by atoms with Crippen molar-refractivity contribution in [2.45, 2.75) is 19.4 Å². The number of phenols is 1. The van der Waals surface area contributed by atoms with Crippen molar-refractivity contribution in [1.29, 1.82) is 0 Å². The Balaban J connectivity index is 1.80. The minimum atomic E-state index is -0.741. The van der Waals surface area contributed by atoms with Gasteiger partial charge in [0, 0.05) is 20.4 Å². The number of carbonyl (C=O) groups excluding carboxylic acids is 2. The third-order valence-electron chi connectivity index (χ3n) is 5.04. The molecule has 0 aromatic heterocycles. The number of aromatic hydroxyl groups is 1. The molecule has 2 atom stereocenters. The van der Waals surface area contributed by atoms with Crippen molar-refractivity contribution in [2.24, 2.45) is 5.92 Å². The molecule has 0 heterocycles. The second-order valence-electron chi connectivity index (χ2n) is 7.33. The van der Waals surface area contributed by atoms with Crippen molar-refractivity contribution < 1.29 is 24.2 Å². The van der Waals surface area contributed by atoms with Gasteiger partial charge in [0.25, 0.3) is 0 Å². The Kier molecular flexibility index (Phi) is 8.63. The zero-order valence-corrected chi connectivity index (χ0v) is 20.5. The maximum Gasteiger partial charge on any atom is 0.412 e. The van der Waals surface area contributed by atoms with E-state index in [1.54, 1.807) is 18.2 Å². The van der Waals surface area contributed by atoms with Gasteiger partial charge >= 0.3 is 12.1 Å². The molecule has 3 rings (SSSR count). The van der Waals surface area contributed by atoms with Crippen molar-refractivity contribution in [1.82, 2.24) is 0 Å². The van der Waals surface area contributed by atoms with Gasteiger partial charge in [-0.05, 0) is 58.7 Å². The third-order valence-corrected chi connectivity index (χ3v) is 5.97. The number of esters is 1. The topological polar surface area (TPSA) is 84.9 Å². The molecule has 0 aliphatic carbocycles. The first-order valence-corrected chi connectivity index (χ1v) is 11.8. The van der Waals surface area contributed by atoms with Crippen LogP contribution in [0, 0.1) is 9.49 Å². The van der Waals surface area contributed by atoms with Gasteiger partial charge in [0.1, 0.15) is 11.9 Å². The van der Waals surface area contributed by atoms with Crippen LogP contribution in [0.3, 0.4) is 0 Å². The minimum absolute atomic E-state index is 0.000579. The maximum absolute atomic E-state index is 12.9. The smallest absolute Gasteiger partial charge is 0.412 e. The van der Waals surface area contributed by atoms with E-state index in [0.29, 0.717) is 17.7 Å². The summed E-state index contributed by atoms with van der Waals surface area (Å²) in [5.41, 5.74) is 1.13. The number of carbonyl (C=O) groups is 2. The van der Waals surface area contributed by atoms with Crippen LogP contribution >= 0.6 is 35.2 Å². The zero-order chi connectivity index (χ0) is 23.1. The second kappa shape index (κ2) is 11.4. The van der Waals surface area contributed by atoms with Crippen molar-refractivity contribution in [3.8, 4) is 5.75 Å². The average molecular weight is 565 g/mol. The van der Waals surface area contributed by atoms with Crippen LogP contribution in [0.2, 0.25) is 0 Å². The number of hydrogen-bond acceptors (Lipinski definition) is 6. The Morgan fingerprint density at radius 1 is 1.12 bits per heavy atom. The Bertz CT molecular complexity index is 1100. The van der Waals surface area contributed by atoms with Crippen molar-refractivity contribution in [3.05, 3.63) is 69.8 Å². The zero-order valence-electron chi connectivity index (χ0n) is 17.5. The van der Waals surface area contributed by atoms with Crippen molar-refractivity contribution in [2.75, 3.05) is 17.7 Å². The second-order valence-corrected chi connectivity index (χ2v) is 8.89. The Morgan fingerprint density at radius 3 is 2.66 bits per heavy atom. The molecule has 8 heteroatoms. The molecular weight excluding hydrogens is 541 g/mol. The minimum Gasteiger partial charge on any atom is -0.508 e. The SMILES string of the molecule is C[C@@H](CCOC(=O)CS)[C@@H](OC(=O)Nc1cccc2ccccc12)c1cc(I)ccc1O. The number of nitrogens with one attached hydrogen (secondary N) is 1. The lowest BCUT2D eigenvalue weighted by molar-refractivity contribution is -0.141. The van der Waals surface area contributed by atoms with Crippen LogP contribution in [-0.4, -0.2) is 29.5 Å². The number of fused-ring (bicyclic) bond motifs is 1. The summed E-state index contributed by atoms with van der Waals surface area (Å²) in [5.74, 6) is -0.610. The number of phenolic OH excluding ortho intramolecular Hbond substituents is 1. The molecule has 0 saturated carbocycles. The summed E-state index contributed by atoms with van der Waals surface area (Å²) in [6.45, 7) is 2.04. The van der Waals surface area contributed by atoms with Gasteiger partial charge < -0.3 is 14.6 Å². The quantitative estimate of drug-likeness (QED) is 0.179. The molecule has 2 N–H and O–H groups in total. The summed E-state index contributed by atoms with van der Waals surface area (Å²) in [4.78, 5) is 24.2. The summed E-state index contributed by atoms with van der Waals surface area (Å²) in [6, 6.07) is 18.5. The molecule has 0 fully saturated rings. The number of anilines is 1. The highest BCUT2D eigenvalue weighted by Crippen LogP contribution is 2.36. The lowest BCUT2D eigenvalue weighted by Gasteiger charge is -2.25. The highest BCUT2D eigenvalue weighted by Gasteiger charge is 2.27. The molecule has 1 amide bonds. The van der Waals surface area contributed by atoms with E-state index in [9.17, 15) is 14.7 Å². The van der Waals surface area contributed by atoms with E-state index in [4.69, 9.17) is 9.47 Å². The highest BCUT2D eigenvalue weighted by atomic mass is 127. The van der Waals surface area contributed by atoms with E-state index >= 15 is 0 Å². The molecule has 3 aromatic rings. The average Bonchev–Trinajstić information content (AvgIpc) is 2.79. The van der Waals surface area contributed by atoms with Crippen molar-refractivity contribution in [3.63, 3.8) is 0 Å². The molecular formula is C24H24INO5S. The maximum atomic E-state index is 12.9. The van der Waals surface area contributed by atoms with Crippen LogP contribution in [0.1, 0.15) is 25.0 Å². The lowest BCUT2D eigenvalue weighted by Crippen LogP contribution is -2.23. The van der Waals surface area contributed by atoms with Gasteiger partial charge in [0.2, 0.25) is 0 Å². The molecule has 32 heavy (non-hydrogen) atoms. The number of rotatable bonds is 8. The number of amides is 1. The van der Waals surface area contributed by atoms with Gasteiger partial charge in [-0.2, -0.15) is 12.6 Å². The fourth-order valence-corrected chi connectivity index (χ4v) is 3.99. The molecule has 6 nitrogen and oxygen atoms in total. The van der Waals surface area contributed by atoms with Crippen LogP contribution in [-0.2, 0) is 14.3 Å². The van der Waals surface area contributed by atoms with Gasteiger partial charge in [0.15, 0.2) is 0 Å². The Hall–Kier alpha value is -2.46. The number of thiol groups is 1. The number of ether oxygens (including phenoxy) is 2. The van der Waals surface area contributed by atoms with Crippen molar-refractivity contribution >= 4 is 63.7 Å². The molecule has 0 aliphatic heterocycles. The largest absolute Gasteiger partial charge is 0.508 e. The Morgan fingerprint density at radius 2 is 1.88 bits per heavy atom. The molecule has 0 unspecified atom stereocenters. The van der Waals surface area contributed by atoms with E-state index in [1.807, 2.05) is 49.4 Å². The molecule has 0 saturated heterocycles. The molecule has 0 spiro atoms. The Labute approximate surface area is 205 Å². The fraction of sp³-hybridized carbons (Fsp3) is 0.250. The summed E-state index contributed by atoms with van der Waals surface area (Å²) in [5, 5.41) is 15.1. The molecule has 168 valence electrons. The van der Waals surface area contributed by atoms with Crippen LogP contribution in [0.4, 0.5) is 10.5 Å². The van der Waals surface area contributed by atoms with Gasteiger partial charge in [-0.3, -0.25) is 10.1 Å². The first kappa shape index (κ1) is 24.2. The first-order valence-electron chi connectivity index (χ1n) is 10.1. The summed E-state index contributed by atoms with van der Waals surface area (Å²) >= 11 is 6.03. The van der Waals surface area contributed by atoms with Gasteiger partial charge in [0.05, 0.1) is 18.0 Å². The van der Waals surface area contributed by atoms with Crippen LogP contribution in [0.25, 0.3) is 10.8 Å². The first-order chi connectivity index (χ1) is 15.4. The van der Waals surface area contributed by atoms with E-state index in [0.717, 1.165) is 14.3 Å². The molecule has 3 aromatic carbocycles. The summed E-state index contributed by atoms with van der Waals surface area (Å²) < 4.78 is 11.8. The monoisotopic (exact) mass is 565 g/mol. The summed E-state index contributed by atoms with van der Waals surface area (Å²) in [7, 11) is 0. The molecule has 0 bridgehead atoms. The van der Waals surface area contributed by atoms with Crippen LogP contribution < -0.4 is 5.32 Å². The van der Waals surface area contributed by atoms with Gasteiger partial charge in [-0.15, -0.1) is 0 Å². The number of halogens is 1. The van der Waals surface area contributed by atoms with E-state index in [2.05, 4.69) is 40.5 Å². The van der Waals surface area contributed by atoms with Crippen LogP contribution in [0.15, 0.2) is 60.7 Å². The van der Waals surface area contributed by atoms with E-state index < -0.39 is 18.2 Å². The van der Waals surface area contributed by atoms with Gasteiger partial charge in [-0.25, -0.2) is 4.79 Å². The van der Waals surface area contributed by atoms with E-state index in [-0.39, 0.29) is 24.0 Å². The summed E-state index contributed by atoms with van der Waals surface area (Å²) in [6.07, 6.45) is -0.936. The normalized spacial score (nSPS) is 12.7. The predicted molar refractivity (Wildman–Crippen MR) is 136 cm³/mol. The lowest BCUT2D eigenvalue weighted by atomic mass is 9.94. The predicted octanol–water partition coefficient (Wildman–Crippen LogP) is 5.94.